The van der Waals surface area contributed by atoms with Gasteiger partial charge in [0.05, 0.1) is 29.2 Å². The van der Waals surface area contributed by atoms with E-state index in [1.54, 1.807) is 0 Å². The predicted molar refractivity (Wildman–Crippen MR) is 94.0 cm³/mol. The van der Waals surface area contributed by atoms with Crippen LogP contribution in [-0.2, 0) is 14.6 Å². The summed E-state index contributed by atoms with van der Waals surface area (Å²) in [5.74, 6) is -1.01. The number of rotatable bonds is 3. The van der Waals surface area contributed by atoms with E-state index in [4.69, 9.17) is 11.6 Å². The van der Waals surface area contributed by atoms with Crippen LogP contribution in [0.1, 0.15) is 17.5 Å². The SMILES string of the molecule is Cc1cccc2cc(/C=N\NC(=O)[C@@H]3CCS(=O)(=O)C3)c(Cl)nc12. The molecule has 6 nitrogen and oxygen atoms in total. The first-order valence-electron chi connectivity index (χ1n) is 7.45. The van der Waals surface area contributed by atoms with E-state index in [0.717, 1.165) is 16.5 Å². The van der Waals surface area contributed by atoms with Gasteiger partial charge in [-0.05, 0) is 25.0 Å². The highest BCUT2D eigenvalue weighted by atomic mass is 35.5. The topological polar surface area (TPSA) is 88.5 Å². The maximum Gasteiger partial charge on any atom is 0.244 e. The number of aryl methyl sites for hydroxylation is 1. The second kappa shape index (κ2) is 6.49. The van der Waals surface area contributed by atoms with Crippen LogP contribution in [0, 0.1) is 12.8 Å². The third-order valence-electron chi connectivity index (χ3n) is 4.01. The van der Waals surface area contributed by atoms with Crippen LogP contribution in [0.25, 0.3) is 10.9 Å². The average molecular weight is 366 g/mol. The zero-order valence-electron chi connectivity index (χ0n) is 13.0. The Morgan fingerprint density at radius 2 is 2.25 bits per heavy atom. The van der Waals surface area contributed by atoms with Gasteiger partial charge < -0.3 is 0 Å². The van der Waals surface area contributed by atoms with Crippen molar-refractivity contribution in [3.8, 4) is 0 Å². The fourth-order valence-electron chi connectivity index (χ4n) is 2.69. The molecule has 2 heterocycles. The number of hydrogen-bond donors (Lipinski definition) is 1. The first-order chi connectivity index (χ1) is 11.4. The molecule has 1 amide bonds. The molecule has 1 aromatic heterocycles. The smallest absolute Gasteiger partial charge is 0.244 e. The summed E-state index contributed by atoms with van der Waals surface area (Å²) in [7, 11) is -3.10. The van der Waals surface area contributed by atoms with Gasteiger partial charge in [0.1, 0.15) is 5.15 Å². The van der Waals surface area contributed by atoms with Gasteiger partial charge >= 0.3 is 0 Å². The number of fused-ring (bicyclic) bond motifs is 1. The number of nitrogens with one attached hydrogen (secondary N) is 1. The highest BCUT2D eigenvalue weighted by Crippen LogP contribution is 2.22. The van der Waals surface area contributed by atoms with Crippen molar-refractivity contribution < 1.29 is 13.2 Å². The number of benzene rings is 1. The number of halogens is 1. The number of hydrazone groups is 1. The summed E-state index contributed by atoms with van der Waals surface area (Å²) < 4.78 is 22.8. The summed E-state index contributed by atoms with van der Waals surface area (Å²) >= 11 is 6.16. The summed E-state index contributed by atoms with van der Waals surface area (Å²) in [6.07, 6.45) is 1.75. The van der Waals surface area contributed by atoms with E-state index in [-0.39, 0.29) is 11.5 Å². The van der Waals surface area contributed by atoms with Crippen LogP contribution in [-0.4, -0.2) is 37.0 Å². The molecular weight excluding hydrogens is 350 g/mol. The van der Waals surface area contributed by atoms with Crippen molar-refractivity contribution in [3.63, 3.8) is 0 Å². The van der Waals surface area contributed by atoms with Crippen molar-refractivity contribution in [2.24, 2.45) is 11.0 Å². The number of nitrogens with zero attached hydrogens (tertiary/aromatic N) is 2. The lowest BCUT2D eigenvalue weighted by molar-refractivity contribution is -0.124. The second-order valence-electron chi connectivity index (χ2n) is 5.85. The van der Waals surface area contributed by atoms with E-state index in [1.165, 1.54) is 6.21 Å². The fourth-order valence-corrected chi connectivity index (χ4v) is 4.62. The van der Waals surface area contributed by atoms with Gasteiger partial charge in [0, 0.05) is 10.9 Å². The number of hydrogen-bond acceptors (Lipinski definition) is 5. The van der Waals surface area contributed by atoms with Gasteiger partial charge in [0.2, 0.25) is 5.91 Å². The number of aromatic nitrogens is 1. The molecule has 126 valence electrons. The van der Waals surface area contributed by atoms with Crippen molar-refractivity contribution in [2.45, 2.75) is 13.3 Å². The molecule has 0 spiro atoms. The zero-order valence-corrected chi connectivity index (χ0v) is 14.6. The summed E-state index contributed by atoms with van der Waals surface area (Å²) in [5.41, 5.74) is 4.80. The standard InChI is InChI=1S/C16H16ClN3O3S/c1-10-3-2-4-11-7-13(15(17)19-14(10)11)8-18-20-16(21)12-5-6-24(22,23)9-12/h2-4,7-8,12H,5-6,9H2,1H3,(H,20,21)/b18-8-/t12-/m1/s1. The molecule has 0 radical (unpaired) electrons. The van der Waals surface area contributed by atoms with Gasteiger partial charge in [-0.3, -0.25) is 4.79 Å². The van der Waals surface area contributed by atoms with E-state index in [1.807, 2.05) is 31.2 Å². The van der Waals surface area contributed by atoms with Crippen LogP contribution < -0.4 is 5.43 Å². The van der Waals surface area contributed by atoms with Gasteiger partial charge in [-0.15, -0.1) is 0 Å². The monoisotopic (exact) mass is 365 g/mol. The third kappa shape index (κ3) is 3.57. The quantitative estimate of drug-likeness (QED) is 0.512. The molecular formula is C16H16ClN3O3S. The first kappa shape index (κ1) is 16.9. The Balaban J connectivity index is 1.74. The van der Waals surface area contributed by atoms with E-state index in [9.17, 15) is 13.2 Å². The molecule has 0 unspecified atom stereocenters. The molecule has 3 rings (SSSR count). The van der Waals surface area contributed by atoms with Crippen molar-refractivity contribution >= 4 is 44.5 Å². The Labute approximate surface area is 144 Å². The van der Waals surface area contributed by atoms with Crippen LogP contribution in [0.4, 0.5) is 0 Å². The fraction of sp³-hybridized carbons (Fsp3) is 0.312. The van der Waals surface area contributed by atoms with Gasteiger partial charge in [0.25, 0.3) is 0 Å². The predicted octanol–water partition coefficient (Wildman–Crippen LogP) is 2.08. The average Bonchev–Trinajstić information content (AvgIpc) is 2.89. The lowest BCUT2D eigenvalue weighted by Crippen LogP contribution is -2.27. The van der Waals surface area contributed by atoms with Crippen LogP contribution in [0.15, 0.2) is 29.4 Å². The van der Waals surface area contributed by atoms with E-state index in [0.29, 0.717) is 17.1 Å². The van der Waals surface area contributed by atoms with Gasteiger partial charge in [-0.2, -0.15) is 5.10 Å². The van der Waals surface area contributed by atoms with Crippen LogP contribution >= 0.6 is 11.6 Å². The summed E-state index contributed by atoms with van der Waals surface area (Å²) in [4.78, 5) is 16.3. The Morgan fingerprint density at radius 1 is 1.46 bits per heavy atom. The van der Waals surface area contributed by atoms with Gasteiger partial charge in [-0.1, -0.05) is 29.8 Å². The molecule has 2 aromatic rings. The maximum atomic E-state index is 11.9. The van der Waals surface area contributed by atoms with Crippen molar-refractivity contribution in [1.29, 1.82) is 0 Å². The Morgan fingerprint density at radius 3 is 2.96 bits per heavy atom. The Bertz CT molecular complexity index is 941. The Hall–Kier alpha value is -1.99. The summed E-state index contributed by atoms with van der Waals surface area (Å²) in [6, 6.07) is 7.64. The number of pyridine rings is 1. The number of para-hydroxylation sites is 1. The zero-order chi connectivity index (χ0) is 17.3. The van der Waals surface area contributed by atoms with Gasteiger partial charge in [0.15, 0.2) is 9.84 Å². The number of amides is 1. The van der Waals surface area contributed by atoms with Crippen molar-refractivity contribution in [3.05, 3.63) is 40.5 Å². The maximum absolute atomic E-state index is 11.9. The van der Waals surface area contributed by atoms with E-state index < -0.39 is 21.7 Å². The minimum absolute atomic E-state index is 0.0502. The molecule has 1 aromatic carbocycles. The lowest BCUT2D eigenvalue weighted by atomic mass is 10.1. The molecule has 24 heavy (non-hydrogen) atoms. The third-order valence-corrected chi connectivity index (χ3v) is 6.08. The highest BCUT2D eigenvalue weighted by Gasteiger charge is 2.32. The molecule has 1 atom stereocenters. The summed E-state index contributed by atoms with van der Waals surface area (Å²) in [6.45, 7) is 1.95. The van der Waals surface area contributed by atoms with Gasteiger partial charge in [-0.25, -0.2) is 18.8 Å². The molecule has 1 N–H and O–H groups in total. The highest BCUT2D eigenvalue weighted by molar-refractivity contribution is 7.91. The molecule has 1 aliphatic heterocycles. The minimum Gasteiger partial charge on any atom is -0.273 e. The number of sulfone groups is 1. The molecule has 0 aliphatic carbocycles. The molecule has 1 fully saturated rings. The first-order valence-corrected chi connectivity index (χ1v) is 9.65. The van der Waals surface area contributed by atoms with Crippen LogP contribution in [0.2, 0.25) is 5.15 Å². The number of carbonyl (C=O) groups is 1. The number of carbonyl (C=O) groups excluding carboxylic acids is 1. The largest absolute Gasteiger partial charge is 0.273 e. The summed E-state index contributed by atoms with van der Waals surface area (Å²) in [5, 5.41) is 5.10. The second-order valence-corrected chi connectivity index (χ2v) is 8.44. The van der Waals surface area contributed by atoms with Crippen molar-refractivity contribution in [1.82, 2.24) is 10.4 Å². The van der Waals surface area contributed by atoms with E-state index >= 15 is 0 Å². The Kier molecular flexibility index (Phi) is 4.56. The molecule has 0 saturated carbocycles. The van der Waals surface area contributed by atoms with Crippen LogP contribution in [0.5, 0.6) is 0 Å². The molecule has 8 heteroatoms. The van der Waals surface area contributed by atoms with Crippen LogP contribution in [0.3, 0.4) is 0 Å². The molecule has 1 aliphatic rings. The minimum atomic E-state index is -3.10. The lowest BCUT2D eigenvalue weighted by Gasteiger charge is -2.06. The molecule has 1 saturated heterocycles. The molecule has 0 bridgehead atoms. The van der Waals surface area contributed by atoms with E-state index in [2.05, 4.69) is 15.5 Å². The van der Waals surface area contributed by atoms with Crippen molar-refractivity contribution in [2.75, 3.05) is 11.5 Å². The normalized spacial score (nSPS) is 19.8.